The number of carbonyl (C=O) groups is 2. The quantitative estimate of drug-likeness (QED) is 0.164. The molecule has 0 bridgehead atoms. The van der Waals surface area contributed by atoms with Crippen molar-refractivity contribution in [2.75, 3.05) is 13.7 Å². The number of H-pyrrole nitrogens is 1. The summed E-state index contributed by atoms with van der Waals surface area (Å²) in [6.07, 6.45) is 2.41. The van der Waals surface area contributed by atoms with Crippen molar-refractivity contribution in [3.8, 4) is 5.75 Å². The number of Topliss-reactive ketones (excluding diaryl/α,β-unsaturated/α-hetero) is 1. The number of carbonyl (C=O) groups excluding carboxylic acids is 2. The van der Waals surface area contributed by atoms with E-state index in [0.717, 1.165) is 32.3 Å². The van der Waals surface area contributed by atoms with E-state index in [2.05, 4.69) is 20.9 Å². The highest BCUT2D eigenvalue weighted by molar-refractivity contribution is 9.10. The number of rotatable bonds is 6. The number of amides is 1. The van der Waals surface area contributed by atoms with Crippen molar-refractivity contribution in [1.29, 1.82) is 0 Å². The summed E-state index contributed by atoms with van der Waals surface area (Å²) in [6, 6.07) is 19.0. The predicted molar refractivity (Wildman–Crippen MR) is 143 cm³/mol. The first-order valence-electron chi connectivity index (χ1n) is 11.3. The largest absolute Gasteiger partial charge is 0.507 e. The molecule has 1 aliphatic heterocycles. The maximum absolute atomic E-state index is 13.3. The Balaban J connectivity index is 1.56. The van der Waals surface area contributed by atoms with Gasteiger partial charge in [-0.25, -0.2) is 0 Å². The van der Waals surface area contributed by atoms with Crippen LogP contribution in [0.15, 0.2) is 83.0 Å². The lowest BCUT2D eigenvalue weighted by Gasteiger charge is -2.25. The number of aromatic amines is 1. The average Bonchev–Trinajstić information content (AvgIpc) is 3.40. The molecular formula is C28H22BrClN2O4. The summed E-state index contributed by atoms with van der Waals surface area (Å²) < 4.78 is 6.17. The van der Waals surface area contributed by atoms with Crippen molar-refractivity contribution in [2.24, 2.45) is 0 Å². The molecule has 6 nitrogen and oxygen atoms in total. The van der Waals surface area contributed by atoms with Crippen LogP contribution in [-0.2, 0) is 16.0 Å². The van der Waals surface area contributed by atoms with E-state index in [1.807, 2.05) is 48.7 Å². The van der Waals surface area contributed by atoms with Crippen molar-refractivity contribution >= 4 is 55.9 Å². The predicted octanol–water partition coefficient (Wildman–Crippen LogP) is 6.26. The van der Waals surface area contributed by atoms with Crippen LogP contribution in [0, 0.1) is 0 Å². The van der Waals surface area contributed by atoms with E-state index in [1.165, 1.54) is 4.90 Å². The van der Waals surface area contributed by atoms with Crippen molar-refractivity contribution in [2.45, 2.75) is 12.5 Å². The first kappa shape index (κ1) is 24.2. The van der Waals surface area contributed by atoms with E-state index in [1.54, 1.807) is 31.4 Å². The Morgan fingerprint density at radius 3 is 2.61 bits per heavy atom. The third-order valence-electron chi connectivity index (χ3n) is 6.42. The molecule has 8 heteroatoms. The molecule has 0 aliphatic carbocycles. The monoisotopic (exact) mass is 564 g/mol. The highest BCUT2D eigenvalue weighted by atomic mass is 79.9. The van der Waals surface area contributed by atoms with Crippen LogP contribution in [0.1, 0.15) is 22.7 Å². The molecule has 2 N–H and O–H groups in total. The molecule has 2 heterocycles. The molecule has 182 valence electrons. The summed E-state index contributed by atoms with van der Waals surface area (Å²) in [5, 5.41) is 12.7. The Bertz CT molecular complexity index is 1510. The maximum Gasteiger partial charge on any atom is 0.295 e. The molecule has 1 aliphatic rings. The first-order chi connectivity index (χ1) is 17.4. The van der Waals surface area contributed by atoms with Crippen LogP contribution in [0.25, 0.3) is 16.7 Å². The van der Waals surface area contributed by atoms with E-state index >= 15 is 0 Å². The smallest absolute Gasteiger partial charge is 0.295 e. The Labute approximate surface area is 221 Å². The third kappa shape index (κ3) is 4.40. The van der Waals surface area contributed by atoms with E-state index in [0.29, 0.717) is 17.0 Å². The van der Waals surface area contributed by atoms with Crippen LogP contribution in [0.5, 0.6) is 5.75 Å². The normalized spacial score (nSPS) is 17.2. The van der Waals surface area contributed by atoms with Gasteiger partial charge in [-0.05, 0) is 72.1 Å². The van der Waals surface area contributed by atoms with Crippen molar-refractivity contribution < 1.29 is 19.4 Å². The van der Waals surface area contributed by atoms with Gasteiger partial charge in [-0.1, -0.05) is 39.7 Å². The Morgan fingerprint density at radius 1 is 1.11 bits per heavy atom. The van der Waals surface area contributed by atoms with E-state index < -0.39 is 17.7 Å². The lowest BCUT2D eigenvalue weighted by atomic mass is 9.95. The number of nitrogens with zero attached hydrogens (tertiary/aromatic N) is 1. The van der Waals surface area contributed by atoms with Crippen LogP contribution in [-0.4, -0.2) is 40.3 Å². The van der Waals surface area contributed by atoms with Gasteiger partial charge < -0.3 is 19.7 Å². The second-order valence-corrected chi connectivity index (χ2v) is 9.88. The Morgan fingerprint density at radius 2 is 1.89 bits per heavy atom. The van der Waals surface area contributed by atoms with Gasteiger partial charge in [0, 0.05) is 38.7 Å². The minimum atomic E-state index is -0.738. The summed E-state index contributed by atoms with van der Waals surface area (Å²) in [6.45, 7) is 0.281. The van der Waals surface area contributed by atoms with Gasteiger partial charge >= 0.3 is 0 Å². The SMILES string of the molecule is COc1ccc2[nH]cc(CCN3C(=O)C(=O)C(=C(O)c4ccc(Cl)cc4)[C@@H]3c3cccc(Br)c3)c2c1. The molecule has 0 radical (unpaired) electrons. The number of aliphatic hydroxyl groups excluding tert-OH is 1. The number of fused-ring (bicyclic) bond motifs is 1. The molecule has 3 aromatic carbocycles. The fourth-order valence-electron chi connectivity index (χ4n) is 4.63. The molecule has 1 saturated heterocycles. The van der Waals surface area contributed by atoms with Gasteiger partial charge in [-0.2, -0.15) is 0 Å². The van der Waals surface area contributed by atoms with Crippen LogP contribution >= 0.6 is 27.5 Å². The molecule has 1 aromatic heterocycles. The zero-order valence-electron chi connectivity index (χ0n) is 19.3. The van der Waals surface area contributed by atoms with Crippen LogP contribution in [0.2, 0.25) is 5.02 Å². The number of hydrogen-bond donors (Lipinski definition) is 2. The van der Waals surface area contributed by atoms with Crippen LogP contribution < -0.4 is 4.74 Å². The molecule has 0 unspecified atom stereocenters. The zero-order chi connectivity index (χ0) is 25.4. The summed E-state index contributed by atoms with van der Waals surface area (Å²) in [5.41, 5.74) is 3.15. The van der Waals surface area contributed by atoms with Gasteiger partial charge in [-0.3, -0.25) is 9.59 Å². The number of aromatic nitrogens is 1. The van der Waals surface area contributed by atoms with Gasteiger partial charge in [0.1, 0.15) is 11.5 Å². The topological polar surface area (TPSA) is 82.6 Å². The van der Waals surface area contributed by atoms with Crippen molar-refractivity contribution in [1.82, 2.24) is 9.88 Å². The van der Waals surface area contributed by atoms with Crippen LogP contribution in [0.3, 0.4) is 0 Å². The van der Waals surface area contributed by atoms with Crippen molar-refractivity contribution in [3.05, 3.63) is 105 Å². The van der Waals surface area contributed by atoms with Crippen molar-refractivity contribution in [3.63, 3.8) is 0 Å². The zero-order valence-corrected chi connectivity index (χ0v) is 21.6. The highest BCUT2D eigenvalue weighted by Gasteiger charge is 2.45. The molecule has 1 fully saturated rings. The summed E-state index contributed by atoms with van der Waals surface area (Å²) in [5.74, 6) is -0.851. The molecule has 36 heavy (non-hydrogen) atoms. The fraction of sp³-hybridized carbons (Fsp3) is 0.143. The number of ether oxygens (including phenoxy) is 1. The lowest BCUT2D eigenvalue weighted by Crippen LogP contribution is -2.31. The first-order valence-corrected chi connectivity index (χ1v) is 12.5. The molecular weight excluding hydrogens is 544 g/mol. The number of likely N-dealkylation sites (tertiary alicyclic amines) is 1. The summed E-state index contributed by atoms with van der Waals surface area (Å²) >= 11 is 9.48. The number of benzene rings is 3. The number of methoxy groups -OCH3 is 1. The summed E-state index contributed by atoms with van der Waals surface area (Å²) in [4.78, 5) is 31.3. The molecule has 0 saturated carbocycles. The van der Waals surface area contributed by atoms with Gasteiger partial charge in [0.05, 0.1) is 18.7 Å². The number of ketones is 1. The number of nitrogens with one attached hydrogen (secondary N) is 1. The van der Waals surface area contributed by atoms with Gasteiger partial charge in [0.25, 0.3) is 11.7 Å². The molecule has 5 rings (SSSR count). The average molecular weight is 566 g/mol. The Hall–Kier alpha value is -3.55. The molecule has 0 spiro atoms. The second kappa shape index (κ2) is 9.84. The van der Waals surface area contributed by atoms with Gasteiger partial charge in [-0.15, -0.1) is 0 Å². The second-order valence-electron chi connectivity index (χ2n) is 8.53. The van der Waals surface area contributed by atoms with Gasteiger partial charge in [0.15, 0.2) is 0 Å². The van der Waals surface area contributed by atoms with E-state index in [9.17, 15) is 14.7 Å². The van der Waals surface area contributed by atoms with Crippen LogP contribution in [0.4, 0.5) is 0 Å². The Kier molecular flexibility index (Phi) is 6.60. The maximum atomic E-state index is 13.3. The minimum Gasteiger partial charge on any atom is -0.507 e. The summed E-state index contributed by atoms with van der Waals surface area (Å²) in [7, 11) is 1.62. The third-order valence-corrected chi connectivity index (χ3v) is 7.16. The number of halogens is 2. The number of hydrogen-bond acceptors (Lipinski definition) is 4. The molecule has 1 amide bonds. The highest BCUT2D eigenvalue weighted by Crippen LogP contribution is 2.40. The molecule has 1 atom stereocenters. The van der Waals surface area contributed by atoms with Gasteiger partial charge in [0.2, 0.25) is 0 Å². The lowest BCUT2D eigenvalue weighted by molar-refractivity contribution is -0.139. The molecule has 4 aromatic rings. The fourth-order valence-corrected chi connectivity index (χ4v) is 5.17. The standard InChI is InChI=1S/C28H22BrClN2O4/c1-36-21-9-10-23-22(14-21)18(15-31-23)11-12-32-25(17-3-2-4-19(29)13-17)24(27(34)28(32)35)26(33)16-5-7-20(30)8-6-16/h2-10,13-15,25,31,33H,11-12H2,1H3/t25-/m0/s1. The van der Waals surface area contributed by atoms with E-state index in [-0.39, 0.29) is 17.9 Å². The van der Waals surface area contributed by atoms with E-state index in [4.69, 9.17) is 16.3 Å². The minimum absolute atomic E-state index is 0.0565. The number of aliphatic hydroxyl groups is 1.